The molecule has 3 N–H and O–H groups in total. The number of benzene rings is 1. The number of nitrogens with zero attached hydrogens (tertiary/aromatic N) is 2. The van der Waals surface area contributed by atoms with Crippen LogP contribution >= 0.6 is 0 Å². The van der Waals surface area contributed by atoms with E-state index in [2.05, 4.69) is 16.3 Å². The first-order valence-electron chi connectivity index (χ1n) is 6.94. The van der Waals surface area contributed by atoms with Crippen LogP contribution < -0.4 is 10.5 Å². The van der Waals surface area contributed by atoms with Gasteiger partial charge in [-0.3, -0.25) is 5.10 Å². The van der Waals surface area contributed by atoms with Crippen LogP contribution in [0.4, 0.5) is 4.39 Å². The second-order valence-corrected chi connectivity index (χ2v) is 5.22. The van der Waals surface area contributed by atoms with Gasteiger partial charge in [-0.25, -0.2) is 4.39 Å². The number of aromatic nitrogens is 2. The van der Waals surface area contributed by atoms with Gasteiger partial charge in [-0.15, -0.1) is 5.10 Å². The molecule has 1 aliphatic rings. The Bertz CT molecular complexity index is 818. The van der Waals surface area contributed by atoms with E-state index in [0.29, 0.717) is 23.4 Å². The van der Waals surface area contributed by atoms with E-state index in [4.69, 9.17) is 10.5 Å². The summed E-state index contributed by atoms with van der Waals surface area (Å²) >= 11 is 0. The molecule has 3 rings (SSSR count). The zero-order chi connectivity index (χ0) is 15.9. The van der Waals surface area contributed by atoms with E-state index in [1.807, 2.05) is 13.8 Å². The highest BCUT2D eigenvalue weighted by Gasteiger charge is 2.48. The number of hydrogen-bond donors (Lipinski definition) is 2. The van der Waals surface area contributed by atoms with Crippen molar-refractivity contribution < 1.29 is 9.13 Å². The fourth-order valence-electron chi connectivity index (χ4n) is 3.24. The van der Waals surface area contributed by atoms with Crippen molar-refractivity contribution >= 4 is 0 Å². The van der Waals surface area contributed by atoms with Crippen molar-refractivity contribution in [3.8, 4) is 11.9 Å². The van der Waals surface area contributed by atoms with Crippen LogP contribution in [0.25, 0.3) is 0 Å². The Morgan fingerprint density at radius 1 is 1.45 bits per heavy atom. The predicted molar refractivity (Wildman–Crippen MR) is 78.3 cm³/mol. The molecule has 1 unspecified atom stereocenters. The molecular formula is C16H15FN4O. The van der Waals surface area contributed by atoms with Gasteiger partial charge < -0.3 is 10.5 Å². The van der Waals surface area contributed by atoms with Crippen LogP contribution in [0.5, 0.6) is 5.88 Å². The number of nitrogens with two attached hydrogens (primary N) is 1. The fourth-order valence-corrected chi connectivity index (χ4v) is 3.24. The smallest absolute Gasteiger partial charge is 0.244 e. The Labute approximate surface area is 127 Å². The number of halogens is 1. The van der Waals surface area contributed by atoms with E-state index in [1.165, 1.54) is 6.07 Å². The van der Waals surface area contributed by atoms with Crippen molar-refractivity contribution in [2.45, 2.75) is 25.7 Å². The molecule has 5 nitrogen and oxygen atoms in total. The molecule has 1 aliphatic heterocycles. The number of nitriles is 1. The summed E-state index contributed by atoms with van der Waals surface area (Å²) < 4.78 is 20.0. The largest absolute Gasteiger partial charge is 0.420 e. The van der Waals surface area contributed by atoms with Gasteiger partial charge >= 0.3 is 0 Å². The summed E-state index contributed by atoms with van der Waals surface area (Å²) in [5.41, 5.74) is 6.89. The van der Waals surface area contributed by atoms with Crippen molar-refractivity contribution in [1.82, 2.24) is 10.2 Å². The van der Waals surface area contributed by atoms with E-state index in [0.717, 1.165) is 5.69 Å². The maximum Gasteiger partial charge on any atom is 0.244 e. The Morgan fingerprint density at radius 3 is 2.82 bits per heavy atom. The highest BCUT2D eigenvalue weighted by atomic mass is 19.1. The molecule has 0 saturated heterocycles. The molecule has 0 fully saturated rings. The molecule has 0 saturated carbocycles. The van der Waals surface area contributed by atoms with E-state index in [9.17, 15) is 9.65 Å². The molecule has 0 radical (unpaired) electrons. The number of ether oxygens (including phenoxy) is 1. The lowest BCUT2D eigenvalue weighted by molar-refractivity contribution is 0.350. The van der Waals surface area contributed by atoms with Gasteiger partial charge in [-0.2, -0.15) is 5.26 Å². The molecule has 112 valence electrons. The minimum absolute atomic E-state index is 0.0356. The molecule has 0 amide bonds. The van der Waals surface area contributed by atoms with Gasteiger partial charge in [-0.05, 0) is 19.4 Å². The Kier molecular flexibility index (Phi) is 3.14. The number of rotatable bonds is 2. The van der Waals surface area contributed by atoms with Crippen molar-refractivity contribution in [3.05, 3.63) is 58.4 Å². The van der Waals surface area contributed by atoms with Crippen LogP contribution in [0.1, 0.15) is 30.2 Å². The normalized spacial score (nSPS) is 20.3. The summed E-state index contributed by atoms with van der Waals surface area (Å²) in [6, 6.07) is 8.51. The second kappa shape index (κ2) is 4.88. The standard InChI is InChI=1S/C16H15FN4O/c1-3-16(10-6-4-5-7-12(10)17)11(8-18)14(19)22-15-13(16)9(2)20-21-15/h4-7H,3,19H2,1-2H3,(H,20,21). The molecule has 1 aromatic heterocycles. The number of aromatic amines is 1. The lowest BCUT2D eigenvalue weighted by Crippen LogP contribution is -2.37. The monoisotopic (exact) mass is 298 g/mol. The van der Waals surface area contributed by atoms with Gasteiger partial charge in [-0.1, -0.05) is 25.1 Å². The number of aryl methyl sites for hydroxylation is 1. The Balaban J connectivity index is 2.44. The quantitative estimate of drug-likeness (QED) is 0.892. The highest BCUT2D eigenvalue weighted by Crippen LogP contribution is 2.50. The van der Waals surface area contributed by atoms with Gasteiger partial charge in [0.15, 0.2) is 0 Å². The first kappa shape index (κ1) is 14.1. The SMILES string of the molecule is CCC1(c2ccccc2F)C(C#N)=C(N)Oc2n[nH]c(C)c21. The molecule has 1 aromatic carbocycles. The predicted octanol–water partition coefficient (Wildman–Crippen LogP) is 2.64. The maximum absolute atomic E-state index is 14.5. The van der Waals surface area contributed by atoms with Crippen molar-refractivity contribution in [2.75, 3.05) is 0 Å². The number of nitrogens with one attached hydrogen (secondary N) is 1. The van der Waals surface area contributed by atoms with Crippen molar-refractivity contribution in [3.63, 3.8) is 0 Å². The number of H-pyrrole nitrogens is 1. The molecule has 6 heteroatoms. The molecule has 1 atom stereocenters. The summed E-state index contributed by atoms with van der Waals surface area (Å²) in [6.45, 7) is 3.70. The van der Waals surface area contributed by atoms with Gasteiger partial charge in [0.05, 0.1) is 11.0 Å². The van der Waals surface area contributed by atoms with Crippen molar-refractivity contribution in [2.24, 2.45) is 5.73 Å². The Morgan fingerprint density at radius 2 is 2.18 bits per heavy atom. The maximum atomic E-state index is 14.5. The fraction of sp³-hybridized carbons (Fsp3) is 0.250. The summed E-state index contributed by atoms with van der Waals surface area (Å²) in [5, 5.41) is 16.5. The number of hydrogen-bond acceptors (Lipinski definition) is 4. The average molecular weight is 298 g/mol. The third-order valence-corrected chi connectivity index (χ3v) is 4.20. The highest BCUT2D eigenvalue weighted by molar-refractivity contribution is 5.61. The average Bonchev–Trinajstić information content (AvgIpc) is 2.88. The first-order valence-corrected chi connectivity index (χ1v) is 6.94. The molecule has 22 heavy (non-hydrogen) atoms. The van der Waals surface area contributed by atoms with Crippen LogP contribution in [-0.4, -0.2) is 10.2 Å². The lowest BCUT2D eigenvalue weighted by atomic mass is 9.66. The van der Waals surface area contributed by atoms with Gasteiger partial charge in [0.25, 0.3) is 0 Å². The molecule has 0 spiro atoms. The third-order valence-electron chi connectivity index (χ3n) is 4.20. The summed E-state index contributed by atoms with van der Waals surface area (Å²) in [6.07, 6.45) is 0.453. The van der Waals surface area contributed by atoms with Gasteiger partial charge in [0.1, 0.15) is 17.5 Å². The number of fused-ring (bicyclic) bond motifs is 1. The van der Waals surface area contributed by atoms with E-state index in [-0.39, 0.29) is 11.5 Å². The van der Waals surface area contributed by atoms with E-state index in [1.54, 1.807) is 18.2 Å². The molecular weight excluding hydrogens is 283 g/mol. The summed E-state index contributed by atoms with van der Waals surface area (Å²) in [5.74, 6) is -0.135. The molecule has 2 heterocycles. The van der Waals surface area contributed by atoms with Crippen LogP contribution in [0.2, 0.25) is 0 Å². The molecule has 0 bridgehead atoms. The minimum Gasteiger partial charge on any atom is -0.420 e. The Hall–Kier alpha value is -2.81. The van der Waals surface area contributed by atoms with Crippen molar-refractivity contribution in [1.29, 1.82) is 5.26 Å². The van der Waals surface area contributed by atoms with Crippen LogP contribution in [0.15, 0.2) is 35.7 Å². The summed E-state index contributed by atoms with van der Waals surface area (Å²) in [7, 11) is 0. The molecule has 0 aliphatic carbocycles. The van der Waals surface area contributed by atoms with Crippen LogP contribution in [0, 0.1) is 24.1 Å². The second-order valence-electron chi connectivity index (χ2n) is 5.22. The molecule has 2 aromatic rings. The minimum atomic E-state index is -1.01. The lowest BCUT2D eigenvalue weighted by Gasteiger charge is -2.36. The summed E-state index contributed by atoms with van der Waals surface area (Å²) in [4.78, 5) is 0. The number of allylic oxidation sites excluding steroid dienone is 1. The topological polar surface area (TPSA) is 87.7 Å². The third kappa shape index (κ3) is 1.65. The van der Waals surface area contributed by atoms with Crippen LogP contribution in [-0.2, 0) is 5.41 Å². The van der Waals surface area contributed by atoms with Gasteiger partial charge in [0.2, 0.25) is 11.8 Å². The zero-order valence-electron chi connectivity index (χ0n) is 12.3. The van der Waals surface area contributed by atoms with Gasteiger partial charge in [0, 0.05) is 11.3 Å². The van der Waals surface area contributed by atoms with Crippen LogP contribution in [0.3, 0.4) is 0 Å². The zero-order valence-corrected chi connectivity index (χ0v) is 12.3. The van der Waals surface area contributed by atoms with E-state index < -0.39 is 11.2 Å². The first-order chi connectivity index (χ1) is 10.6. The van der Waals surface area contributed by atoms with E-state index >= 15 is 0 Å².